The zero-order valence-corrected chi connectivity index (χ0v) is 12.1. The van der Waals surface area contributed by atoms with Gasteiger partial charge in [0.25, 0.3) is 0 Å². The highest BCUT2D eigenvalue weighted by molar-refractivity contribution is 14.1. The second-order valence-electron chi connectivity index (χ2n) is 3.79. The van der Waals surface area contributed by atoms with Crippen LogP contribution in [0.5, 0.6) is 5.88 Å². The van der Waals surface area contributed by atoms with Gasteiger partial charge >= 0.3 is 0 Å². The lowest BCUT2D eigenvalue weighted by molar-refractivity contribution is 0.397. The number of hydrogen-bond donors (Lipinski definition) is 2. The number of halogens is 1. The molecule has 2 aromatic rings. The lowest BCUT2D eigenvalue weighted by Gasteiger charge is -2.09. The number of hydrogen-bond acceptors (Lipinski definition) is 4. The highest BCUT2D eigenvalue weighted by atomic mass is 127. The van der Waals surface area contributed by atoms with Crippen LogP contribution in [0.2, 0.25) is 0 Å². The van der Waals surface area contributed by atoms with Gasteiger partial charge in [-0.2, -0.15) is 0 Å². The Labute approximate surface area is 120 Å². The predicted octanol–water partition coefficient (Wildman–Crippen LogP) is 2.89. The Hall–Kier alpha value is -1.50. The Bertz CT molecular complexity index is 528. The molecule has 0 saturated heterocycles. The lowest BCUT2D eigenvalue weighted by Crippen LogP contribution is -2.03. The third-order valence-electron chi connectivity index (χ3n) is 2.50. The van der Waals surface area contributed by atoms with Gasteiger partial charge in [0.1, 0.15) is 0 Å². The predicted molar refractivity (Wildman–Crippen MR) is 81.7 cm³/mol. The van der Waals surface area contributed by atoms with Gasteiger partial charge in [-0.1, -0.05) is 6.07 Å². The van der Waals surface area contributed by atoms with E-state index in [1.165, 1.54) is 0 Å². The summed E-state index contributed by atoms with van der Waals surface area (Å²) in [5.74, 6) is 0.618. The fraction of sp³-hybridized carbons (Fsp3) is 0.154. The monoisotopic (exact) mass is 355 g/mol. The summed E-state index contributed by atoms with van der Waals surface area (Å²) in [5.41, 5.74) is 8.70. The molecule has 0 aliphatic carbocycles. The number of nitrogens with one attached hydrogen (secondary N) is 1. The Morgan fingerprint density at radius 1 is 1.33 bits per heavy atom. The maximum atomic E-state index is 5.93. The number of ether oxygens (including phenoxy) is 1. The van der Waals surface area contributed by atoms with Gasteiger partial charge in [-0.15, -0.1) is 0 Å². The topological polar surface area (TPSA) is 60.2 Å². The number of benzene rings is 1. The smallest absolute Gasteiger partial charge is 0.212 e. The van der Waals surface area contributed by atoms with Gasteiger partial charge in [0, 0.05) is 22.4 Å². The summed E-state index contributed by atoms with van der Waals surface area (Å²) in [5, 5.41) is 3.28. The van der Waals surface area contributed by atoms with Crippen LogP contribution in [0.15, 0.2) is 36.5 Å². The molecule has 0 radical (unpaired) electrons. The number of rotatable bonds is 4. The number of aromatic nitrogens is 1. The van der Waals surface area contributed by atoms with Gasteiger partial charge in [-0.05, 0) is 46.4 Å². The Balaban J connectivity index is 2.02. The van der Waals surface area contributed by atoms with E-state index in [0.29, 0.717) is 12.4 Å². The van der Waals surface area contributed by atoms with Crippen LogP contribution in [-0.2, 0) is 6.54 Å². The van der Waals surface area contributed by atoms with Gasteiger partial charge in [0.15, 0.2) is 0 Å². The molecule has 5 heteroatoms. The summed E-state index contributed by atoms with van der Waals surface area (Å²) >= 11 is 2.24. The molecule has 18 heavy (non-hydrogen) atoms. The first-order valence-corrected chi connectivity index (χ1v) is 6.55. The SMILES string of the molecule is COc1ccc(CNc2ccc(I)cc2N)cn1. The van der Waals surface area contributed by atoms with Crippen molar-refractivity contribution in [3.8, 4) is 5.88 Å². The second kappa shape index (κ2) is 5.90. The maximum absolute atomic E-state index is 5.93. The van der Waals surface area contributed by atoms with Crippen LogP contribution < -0.4 is 15.8 Å². The molecule has 0 unspecified atom stereocenters. The van der Waals surface area contributed by atoms with E-state index in [1.54, 1.807) is 13.3 Å². The number of methoxy groups -OCH3 is 1. The first-order chi connectivity index (χ1) is 8.69. The molecule has 0 fully saturated rings. The average Bonchev–Trinajstić information content (AvgIpc) is 2.38. The first kappa shape index (κ1) is 12.9. The second-order valence-corrected chi connectivity index (χ2v) is 5.04. The number of anilines is 2. The number of nitrogens with zero attached hydrogens (tertiary/aromatic N) is 1. The Morgan fingerprint density at radius 3 is 2.78 bits per heavy atom. The molecule has 4 nitrogen and oxygen atoms in total. The summed E-state index contributed by atoms with van der Waals surface area (Å²) < 4.78 is 6.14. The molecule has 0 bridgehead atoms. The van der Waals surface area contributed by atoms with Crippen LogP contribution in [0, 0.1) is 3.57 Å². The van der Waals surface area contributed by atoms with Crippen molar-refractivity contribution >= 4 is 34.0 Å². The van der Waals surface area contributed by atoms with E-state index in [1.807, 2.05) is 30.3 Å². The standard InChI is InChI=1S/C13H14IN3O/c1-18-13-5-2-9(8-17-13)7-16-12-4-3-10(14)6-11(12)15/h2-6,8,16H,7,15H2,1H3. The number of nitrogen functional groups attached to an aromatic ring is 1. The molecule has 2 rings (SSSR count). The van der Waals surface area contributed by atoms with Crippen molar-refractivity contribution in [3.63, 3.8) is 0 Å². The van der Waals surface area contributed by atoms with Crippen molar-refractivity contribution < 1.29 is 4.74 Å². The minimum atomic E-state index is 0.618. The molecule has 0 aliphatic rings. The molecular weight excluding hydrogens is 341 g/mol. The third kappa shape index (κ3) is 3.25. The zero-order valence-electron chi connectivity index (χ0n) is 9.98. The summed E-state index contributed by atoms with van der Waals surface area (Å²) in [6.07, 6.45) is 1.79. The fourth-order valence-corrected chi connectivity index (χ4v) is 2.04. The van der Waals surface area contributed by atoms with Gasteiger partial charge in [0.2, 0.25) is 5.88 Å². The zero-order chi connectivity index (χ0) is 13.0. The largest absolute Gasteiger partial charge is 0.481 e. The van der Waals surface area contributed by atoms with Crippen molar-refractivity contribution in [2.24, 2.45) is 0 Å². The van der Waals surface area contributed by atoms with Crippen molar-refractivity contribution in [3.05, 3.63) is 45.7 Å². The lowest BCUT2D eigenvalue weighted by atomic mass is 10.2. The summed E-state index contributed by atoms with van der Waals surface area (Å²) in [6, 6.07) is 9.75. The minimum absolute atomic E-state index is 0.618. The third-order valence-corrected chi connectivity index (χ3v) is 3.17. The molecule has 3 N–H and O–H groups in total. The van der Waals surface area contributed by atoms with Crippen molar-refractivity contribution in [1.29, 1.82) is 0 Å². The Morgan fingerprint density at radius 2 is 2.17 bits per heavy atom. The van der Waals surface area contributed by atoms with E-state index in [-0.39, 0.29) is 0 Å². The van der Waals surface area contributed by atoms with Crippen LogP contribution in [-0.4, -0.2) is 12.1 Å². The van der Waals surface area contributed by atoms with E-state index < -0.39 is 0 Å². The normalized spacial score (nSPS) is 10.1. The molecule has 0 amide bonds. The molecule has 1 aromatic heterocycles. The van der Waals surface area contributed by atoms with E-state index in [4.69, 9.17) is 10.5 Å². The van der Waals surface area contributed by atoms with Crippen molar-refractivity contribution in [1.82, 2.24) is 4.98 Å². The quantitative estimate of drug-likeness (QED) is 0.654. The molecule has 0 spiro atoms. The minimum Gasteiger partial charge on any atom is -0.481 e. The van der Waals surface area contributed by atoms with Crippen LogP contribution in [0.3, 0.4) is 0 Å². The van der Waals surface area contributed by atoms with E-state index in [9.17, 15) is 0 Å². The molecule has 0 atom stereocenters. The summed E-state index contributed by atoms with van der Waals surface area (Å²) in [6.45, 7) is 0.682. The van der Waals surface area contributed by atoms with Gasteiger partial charge in [-0.25, -0.2) is 4.98 Å². The summed E-state index contributed by atoms with van der Waals surface area (Å²) in [4.78, 5) is 4.15. The summed E-state index contributed by atoms with van der Waals surface area (Å²) in [7, 11) is 1.60. The molecule has 0 aliphatic heterocycles. The number of nitrogens with two attached hydrogens (primary N) is 1. The van der Waals surface area contributed by atoms with Gasteiger partial charge in [0.05, 0.1) is 18.5 Å². The van der Waals surface area contributed by atoms with Crippen LogP contribution in [0.4, 0.5) is 11.4 Å². The van der Waals surface area contributed by atoms with E-state index in [0.717, 1.165) is 20.5 Å². The maximum Gasteiger partial charge on any atom is 0.212 e. The molecule has 1 aromatic carbocycles. The fourth-order valence-electron chi connectivity index (χ4n) is 1.53. The first-order valence-electron chi connectivity index (χ1n) is 5.47. The van der Waals surface area contributed by atoms with E-state index >= 15 is 0 Å². The van der Waals surface area contributed by atoms with Crippen LogP contribution in [0.25, 0.3) is 0 Å². The average molecular weight is 355 g/mol. The van der Waals surface area contributed by atoms with Gasteiger partial charge < -0.3 is 15.8 Å². The van der Waals surface area contributed by atoms with E-state index in [2.05, 4.69) is 32.9 Å². The molecule has 0 saturated carbocycles. The highest BCUT2D eigenvalue weighted by Gasteiger charge is 2.00. The highest BCUT2D eigenvalue weighted by Crippen LogP contribution is 2.21. The molecular formula is C13H14IN3O. The van der Waals surface area contributed by atoms with Crippen LogP contribution in [0.1, 0.15) is 5.56 Å². The van der Waals surface area contributed by atoms with Crippen molar-refractivity contribution in [2.75, 3.05) is 18.2 Å². The molecule has 1 heterocycles. The van der Waals surface area contributed by atoms with Crippen LogP contribution >= 0.6 is 22.6 Å². The van der Waals surface area contributed by atoms with Crippen molar-refractivity contribution in [2.45, 2.75) is 6.54 Å². The molecule has 94 valence electrons. The number of pyridine rings is 1. The Kier molecular flexibility index (Phi) is 4.24. The van der Waals surface area contributed by atoms with Gasteiger partial charge in [-0.3, -0.25) is 0 Å².